The number of benzene rings is 1. The molecule has 0 radical (unpaired) electrons. The van der Waals surface area contributed by atoms with Crippen molar-refractivity contribution in [2.24, 2.45) is 5.92 Å². The predicted octanol–water partition coefficient (Wildman–Crippen LogP) is 4.23. The Bertz CT molecular complexity index is 433. The van der Waals surface area contributed by atoms with Gasteiger partial charge >= 0.3 is 0 Å². The molecule has 1 saturated carbocycles. The topological polar surface area (TPSA) is 29.5 Å². The van der Waals surface area contributed by atoms with Gasteiger partial charge in [-0.1, -0.05) is 38.0 Å². The molecular formula is C17H24O2. The van der Waals surface area contributed by atoms with Crippen LogP contribution in [0.15, 0.2) is 24.3 Å². The van der Waals surface area contributed by atoms with E-state index in [2.05, 4.69) is 6.92 Å². The van der Waals surface area contributed by atoms with Crippen LogP contribution in [0.3, 0.4) is 0 Å². The summed E-state index contributed by atoms with van der Waals surface area (Å²) in [5.41, 5.74) is 0.863. The second-order valence-corrected chi connectivity index (χ2v) is 6.27. The number of para-hydroxylation sites is 1. The lowest BCUT2D eigenvalue weighted by Gasteiger charge is -2.45. The van der Waals surface area contributed by atoms with Gasteiger partial charge in [0.15, 0.2) is 0 Å². The number of hydrogen-bond acceptors (Lipinski definition) is 2. The third kappa shape index (κ3) is 2.51. The molecule has 1 heterocycles. The summed E-state index contributed by atoms with van der Waals surface area (Å²) < 4.78 is 6.30. The minimum atomic E-state index is -0.354. The van der Waals surface area contributed by atoms with Crippen molar-refractivity contribution in [1.82, 2.24) is 0 Å². The zero-order chi connectivity index (χ0) is 13.3. The molecule has 1 aromatic rings. The summed E-state index contributed by atoms with van der Waals surface area (Å²) in [7, 11) is 0. The average molecular weight is 260 g/mol. The highest BCUT2D eigenvalue weighted by Gasteiger charge is 2.42. The Hall–Kier alpha value is -1.02. The van der Waals surface area contributed by atoms with E-state index in [1.807, 2.05) is 24.3 Å². The molecule has 0 aromatic heterocycles. The highest BCUT2D eigenvalue weighted by Crippen LogP contribution is 2.47. The molecule has 3 rings (SSSR count). The van der Waals surface area contributed by atoms with E-state index in [9.17, 15) is 5.11 Å². The third-order valence-electron chi connectivity index (χ3n) is 4.88. The SMILES string of the molecule is CCCC1CCC2(CC1)C[C@@H](O)c1ccccc1O2. The molecule has 0 bridgehead atoms. The van der Waals surface area contributed by atoms with Gasteiger partial charge < -0.3 is 9.84 Å². The first-order valence-corrected chi connectivity index (χ1v) is 7.68. The molecule has 19 heavy (non-hydrogen) atoms. The number of fused-ring (bicyclic) bond motifs is 1. The average Bonchev–Trinajstić information content (AvgIpc) is 2.42. The Morgan fingerprint density at radius 2 is 2.00 bits per heavy atom. The van der Waals surface area contributed by atoms with E-state index in [4.69, 9.17) is 4.74 Å². The summed E-state index contributed by atoms with van der Waals surface area (Å²) in [5.74, 6) is 1.77. The lowest BCUT2D eigenvalue weighted by molar-refractivity contribution is -0.0474. The van der Waals surface area contributed by atoms with Crippen LogP contribution in [0, 0.1) is 5.92 Å². The van der Waals surface area contributed by atoms with E-state index in [0.717, 1.165) is 36.5 Å². The first-order chi connectivity index (χ1) is 9.22. The Morgan fingerprint density at radius 3 is 2.74 bits per heavy atom. The first-order valence-electron chi connectivity index (χ1n) is 7.68. The zero-order valence-corrected chi connectivity index (χ0v) is 11.8. The van der Waals surface area contributed by atoms with E-state index in [1.165, 1.54) is 25.7 Å². The van der Waals surface area contributed by atoms with Crippen LogP contribution in [0.25, 0.3) is 0 Å². The number of aliphatic hydroxyl groups excluding tert-OH is 1. The van der Waals surface area contributed by atoms with Gasteiger partial charge in [0.05, 0.1) is 6.10 Å². The van der Waals surface area contributed by atoms with Crippen LogP contribution < -0.4 is 4.74 Å². The van der Waals surface area contributed by atoms with E-state index < -0.39 is 0 Å². The second kappa shape index (κ2) is 5.16. The van der Waals surface area contributed by atoms with Crippen molar-refractivity contribution in [2.75, 3.05) is 0 Å². The molecule has 1 spiro atoms. The first kappa shape index (κ1) is 13.0. The van der Waals surface area contributed by atoms with Crippen LogP contribution in [0.2, 0.25) is 0 Å². The lowest BCUT2D eigenvalue weighted by Crippen LogP contribution is -2.44. The van der Waals surface area contributed by atoms with Gasteiger partial charge in [0.25, 0.3) is 0 Å². The lowest BCUT2D eigenvalue weighted by atomic mass is 9.73. The van der Waals surface area contributed by atoms with Crippen LogP contribution in [0.1, 0.15) is 63.5 Å². The van der Waals surface area contributed by atoms with Gasteiger partial charge in [0.2, 0.25) is 0 Å². The summed E-state index contributed by atoms with van der Waals surface area (Å²) in [4.78, 5) is 0. The van der Waals surface area contributed by atoms with Gasteiger partial charge in [-0.15, -0.1) is 0 Å². The van der Waals surface area contributed by atoms with Crippen LogP contribution in [-0.4, -0.2) is 10.7 Å². The minimum Gasteiger partial charge on any atom is -0.487 e. The van der Waals surface area contributed by atoms with Crippen LogP contribution in [-0.2, 0) is 0 Å². The number of aliphatic hydroxyl groups is 1. The van der Waals surface area contributed by atoms with Crippen molar-refractivity contribution in [2.45, 2.75) is 63.6 Å². The summed E-state index contributed by atoms with van der Waals surface area (Å²) in [6.45, 7) is 2.27. The Kier molecular flexibility index (Phi) is 3.53. The zero-order valence-electron chi connectivity index (χ0n) is 11.8. The van der Waals surface area contributed by atoms with E-state index in [1.54, 1.807) is 0 Å². The summed E-state index contributed by atoms with van der Waals surface area (Å²) in [6.07, 6.45) is 7.74. The molecule has 2 nitrogen and oxygen atoms in total. The van der Waals surface area contributed by atoms with E-state index in [-0.39, 0.29) is 11.7 Å². The van der Waals surface area contributed by atoms with Gasteiger partial charge in [-0.2, -0.15) is 0 Å². The second-order valence-electron chi connectivity index (χ2n) is 6.27. The molecule has 1 N–H and O–H groups in total. The number of rotatable bonds is 2. The largest absolute Gasteiger partial charge is 0.487 e. The Labute approximate surface area is 115 Å². The number of ether oxygens (including phenoxy) is 1. The van der Waals surface area contributed by atoms with Crippen molar-refractivity contribution >= 4 is 0 Å². The van der Waals surface area contributed by atoms with Crippen LogP contribution in [0.5, 0.6) is 5.75 Å². The van der Waals surface area contributed by atoms with E-state index in [0.29, 0.717) is 0 Å². The molecule has 1 aliphatic carbocycles. The quantitative estimate of drug-likeness (QED) is 0.862. The standard InChI is InChI=1S/C17H24O2/c1-2-5-13-8-10-17(11-9-13)12-15(18)14-6-3-4-7-16(14)19-17/h3-4,6-7,13,15,18H,2,5,8-12H2,1H3/t13?,15-,17?/m1/s1. The molecular weight excluding hydrogens is 236 g/mol. The Balaban J connectivity index is 1.74. The van der Waals surface area contributed by atoms with Crippen molar-refractivity contribution in [1.29, 1.82) is 0 Å². The molecule has 2 heteroatoms. The normalized spacial score (nSPS) is 33.8. The molecule has 0 saturated heterocycles. The van der Waals surface area contributed by atoms with Crippen molar-refractivity contribution in [3.05, 3.63) is 29.8 Å². The highest BCUT2D eigenvalue weighted by molar-refractivity contribution is 5.38. The summed E-state index contributed by atoms with van der Waals surface area (Å²) in [5, 5.41) is 10.4. The fourth-order valence-corrected chi connectivity index (χ4v) is 3.79. The minimum absolute atomic E-state index is 0.0992. The Morgan fingerprint density at radius 1 is 1.26 bits per heavy atom. The summed E-state index contributed by atoms with van der Waals surface area (Å²) in [6, 6.07) is 7.95. The van der Waals surface area contributed by atoms with Gasteiger partial charge in [-0.05, 0) is 37.7 Å². The van der Waals surface area contributed by atoms with Gasteiger partial charge in [0.1, 0.15) is 11.4 Å². The molecule has 1 atom stereocenters. The fraction of sp³-hybridized carbons (Fsp3) is 0.647. The van der Waals surface area contributed by atoms with Gasteiger partial charge in [0, 0.05) is 12.0 Å². The maximum absolute atomic E-state index is 10.4. The number of hydrogen-bond donors (Lipinski definition) is 1. The van der Waals surface area contributed by atoms with Crippen LogP contribution >= 0.6 is 0 Å². The molecule has 0 unspecified atom stereocenters. The van der Waals surface area contributed by atoms with Gasteiger partial charge in [-0.25, -0.2) is 0 Å². The molecule has 1 aliphatic heterocycles. The molecule has 104 valence electrons. The smallest absolute Gasteiger partial charge is 0.125 e. The third-order valence-corrected chi connectivity index (χ3v) is 4.88. The fourth-order valence-electron chi connectivity index (χ4n) is 3.79. The summed E-state index contributed by atoms with van der Waals surface area (Å²) >= 11 is 0. The monoisotopic (exact) mass is 260 g/mol. The molecule has 1 fully saturated rings. The van der Waals surface area contributed by atoms with Gasteiger partial charge in [-0.3, -0.25) is 0 Å². The van der Waals surface area contributed by atoms with Crippen LogP contribution in [0.4, 0.5) is 0 Å². The molecule has 2 aliphatic rings. The molecule has 1 aromatic carbocycles. The van der Waals surface area contributed by atoms with Crippen molar-refractivity contribution in [3.63, 3.8) is 0 Å². The van der Waals surface area contributed by atoms with Crippen molar-refractivity contribution < 1.29 is 9.84 Å². The van der Waals surface area contributed by atoms with E-state index >= 15 is 0 Å². The predicted molar refractivity (Wildman–Crippen MR) is 76.2 cm³/mol. The highest BCUT2D eigenvalue weighted by atomic mass is 16.5. The molecule has 0 amide bonds. The maximum atomic E-state index is 10.4. The van der Waals surface area contributed by atoms with Crippen molar-refractivity contribution in [3.8, 4) is 5.75 Å². The maximum Gasteiger partial charge on any atom is 0.125 e.